The molecule has 0 unspecified atom stereocenters. The van der Waals surface area contributed by atoms with Gasteiger partial charge in [-0.15, -0.1) is 11.3 Å². The van der Waals surface area contributed by atoms with E-state index in [0.29, 0.717) is 6.54 Å². The fraction of sp³-hybridized carbons (Fsp3) is 0.500. The number of nitrogens with zero attached hydrogens (tertiary/aromatic N) is 1. The van der Waals surface area contributed by atoms with Gasteiger partial charge in [-0.25, -0.2) is 18.1 Å². The monoisotopic (exact) mass is 206 g/mol. The first kappa shape index (κ1) is 9.63. The van der Waals surface area contributed by atoms with Crippen LogP contribution >= 0.6 is 11.3 Å². The van der Waals surface area contributed by atoms with E-state index in [1.807, 2.05) is 6.92 Å². The Kier molecular flexibility index (Phi) is 2.81. The van der Waals surface area contributed by atoms with E-state index < -0.39 is 10.0 Å². The fourth-order valence-corrected chi connectivity index (χ4v) is 1.91. The number of hydrogen-bond acceptors (Lipinski definition) is 4. The number of sulfonamides is 1. The molecule has 1 N–H and O–H groups in total. The van der Waals surface area contributed by atoms with Crippen LogP contribution in [0.4, 0.5) is 0 Å². The Balaban J connectivity index is 2.61. The molecule has 12 heavy (non-hydrogen) atoms. The zero-order valence-corrected chi connectivity index (χ0v) is 8.50. The number of thiazole rings is 1. The van der Waals surface area contributed by atoms with Gasteiger partial charge in [-0.2, -0.15) is 0 Å². The molecule has 1 heterocycles. The third kappa shape index (κ3) is 2.88. The van der Waals surface area contributed by atoms with Crippen molar-refractivity contribution in [2.45, 2.75) is 13.5 Å². The maximum Gasteiger partial charge on any atom is 0.209 e. The third-order valence-electron chi connectivity index (χ3n) is 1.34. The maximum atomic E-state index is 10.7. The zero-order valence-electron chi connectivity index (χ0n) is 6.86. The van der Waals surface area contributed by atoms with Crippen molar-refractivity contribution in [1.29, 1.82) is 0 Å². The molecule has 0 atom stereocenters. The normalized spacial score (nSPS) is 11.8. The van der Waals surface area contributed by atoms with Crippen LogP contribution < -0.4 is 4.72 Å². The predicted molar refractivity (Wildman–Crippen MR) is 48.5 cm³/mol. The van der Waals surface area contributed by atoms with E-state index in [9.17, 15) is 8.42 Å². The average Bonchev–Trinajstić information content (AvgIpc) is 2.29. The van der Waals surface area contributed by atoms with E-state index in [-0.39, 0.29) is 0 Å². The smallest absolute Gasteiger partial charge is 0.209 e. The lowest BCUT2D eigenvalue weighted by atomic mass is 10.4. The van der Waals surface area contributed by atoms with Gasteiger partial charge < -0.3 is 0 Å². The molecule has 1 rings (SSSR count). The molecule has 1 aromatic heterocycles. The van der Waals surface area contributed by atoms with Gasteiger partial charge in [-0.05, 0) is 6.92 Å². The second kappa shape index (κ2) is 3.51. The van der Waals surface area contributed by atoms with Crippen molar-refractivity contribution in [3.05, 3.63) is 16.1 Å². The summed E-state index contributed by atoms with van der Waals surface area (Å²) in [6, 6.07) is 0. The highest BCUT2D eigenvalue weighted by atomic mass is 32.2. The molecule has 0 radical (unpaired) electrons. The molecule has 0 spiro atoms. The van der Waals surface area contributed by atoms with Crippen LogP contribution in [0.3, 0.4) is 0 Å². The summed E-state index contributed by atoms with van der Waals surface area (Å²) < 4.78 is 23.8. The lowest BCUT2D eigenvalue weighted by molar-refractivity contribution is 0.588. The summed E-state index contributed by atoms with van der Waals surface area (Å²) >= 11 is 1.45. The number of aryl methyl sites for hydroxylation is 1. The fourth-order valence-electron chi connectivity index (χ4n) is 0.693. The van der Waals surface area contributed by atoms with E-state index in [0.717, 1.165) is 16.8 Å². The second-order valence-electron chi connectivity index (χ2n) is 2.45. The molecule has 0 aliphatic rings. The Hall–Kier alpha value is -0.460. The van der Waals surface area contributed by atoms with Crippen molar-refractivity contribution in [2.75, 3.05) is 6.26 Å². The molecule has 0 amide bonds. The molecular formula is C6H10N2O2S2. The number of nitrogens with one attached hydrogen (secondary N) is 1. The Morgan fingerprint density at radius 2 is 2.33 bits per heavy atom. The van der Waals surface area contributed by atoms with Crippen LogP contribution in [0.5, 0.6) is 0 Å². The standard InChI is InChI=1S/C6H10N2O2S2/c1-5-6(11-4-7-5)3-8-12(2,9)10/h4,8H,3H2,1-2H3. The van der Waals surface area contributed by atoms with Gasteiger partial charge in [0.1, 0.15) is 0 Å². The van der Waals surface area contributed by atoms with Crippen molar-refractivity contribution in [3.8, 4) is 0 Å². The molecule has 0 saturated heterocycles. The summed E-state index contributed by atoms with van der Waals surface area (Å²) in [5.74, 6) is 0. The highest BCUT2D eigenvalue weighted by Crippen LogP contribution is 2.11. The predicted octanol–water partition coefficient (Wildman–Crippen LogP) is 0.501. The highest BCUT2D eigenvalue weighted by molar-refractivity contribution is 7.88. The molecule has 0 aliphatic heterocycles. The summed E-state index contributed by atoms with van der Waals surface area (Å²) in [7, 11) is -3.09. The Morgan fingerprint density at radius 3 is 2.75 bits per heavy atom. The van der Waals surface area contributed by atoms with Crippen LogP contribution in [0.1, 0.15) is 10.6 Å². The summed E-state index contributed by atoms with van der Waals surface area (Å²) in [6.45, 7) is 2.20. The third-order valence-corrected chi connectivity index (χ3v) is 2.94. The zero-order chi connectivity index (χ0) is 9.19. The topological polar surface area (TPSA) is 59.1 Å². The van der Waals surface area contributed by atoms with Gasteiger partial charge >= 0.3 is 0 Å². The van der Waals surface area contributed by atoms with Gasteiger partial charge in [-0.1, -0.05) is 0 Å². The molecular weight excluding hydrogens is 196 g/mol. The molecule has 68 valence electrons. The minimum absolute atomic E-state index is 0.343. The SMILES string of the molecule is Cc1ncsc1CNS(C)(=O)=O. The first-order valence-electron chi connectivity index (χ1n) is 3.32. The van der Waals surface area contributed by atoms with Crippen molar-refractivity contribution < 1.29 is 8.42 Å². The van der Waals surface area contributed by atoms with Crippen LogP contribution in [0.25, 0.3) is 0 Å². The summed E-state index contributed by atoms with van der Waals surface area (Å²) in [6.07, 6.45) is 1.14. The van der Waals surface area contributed by atoms with Gasteiger partial charge in [0.05, 0.1) is 17.5 Å². The van der Waals surface area contributed by atoms with Gasteiger partial charge in [0.15, 0.2) is 0 Å². The van der Waals surface area contributed by atoms with Crippen LogP contribution in [0.2, 0.25) is 0 Å². The van der Waals surface area contributed by atoms with Crippen molar-refractivity contribution in [3.63, 3.8) is 0 Å². The van der Waals surface area contributed by atoms with E-state index in [2.05, 4.69) is 9.71 Å². The van der Waals surface area contributed by atoms with E-state index in [1.165, 1.54) is 11.3 Å². The van der Waals surface area contributed by atoms with Gasteiger partial charge in [0, 0.05) is 11.4 Å². The minimum atomic E-state index is -3.09. The van der Waals surface area contributed by atoms with Crippen molar-refractivity contribution in [1.82, 2.24) is 9.71 Å². The summed E-state index contributed by atoms with van der Waals surface area (Å²) in [5.41, 5.74) is 2.59. The lowest BCUT2D eigenvalue weighted by Crippen LogP contribution is -2.20. The van der Waals surface area contributed by atoms with Crippen molar-refractivity contribution >= 4 is 21.4 Å². The Morgan fingerprint density at radius 1 is 1.67 bits per heavy atom. The number of aromatic nitrogens is 1. The van der Waals surface area contributed by atoms with Crippen LogP contribution in [0.15, 0.2) is 5.51 Å². The molecule has 4 nitrogen and oxygen atoms in total. The largest absolute Gasteiger partial charge is 0.250 e. The molecule has 0 aliphatic carbocycles. The first-order chi connectivity index (χ1) is 5.49. The Labute approximate surface area is 75.7 Å². The maximum absolute atomic E-state index is 10.7. The van der Waals surface area contributed by atoms with Gasteiger partial charge in [0.2, 0.25) is 10.0 Å². The highest BCUT2D eigenvalue weighted by Gasteiger charge is 2.04. The Bertz CT molecular complexity index is 355. The summed E-state index contributed by atoms with van der Waals surface area (Å²) in [4.78, 5) is 4.96. The number of rotatable bonds is 3. The van der Waals surface area contributed by atoms with Crippen LogP contribution in [-0.4, -0.2) is 19.7 Å². The molecule has 1 aromatic rings. The molecule has 6 heteroatoms. The molecule has 0 saturated carbocycles. The second-order valence-corrected chi connectivity index (χ2v) is 5.23. The van der Waals surface area contributed by atoms with Gasteiger partial charge in [0.25, 0.3) is 0 Å². The molecule has 0 bridgehead atoms. The van der Waals surface area contributed by atoms with E-state index in [4.69, 9.17) is 0 Å². The molecule has 0 fully saturated rings. The van der Waals surface area contributed by atoms with Crippen LogP contribution in [-0.2, 0) is 16.6 Å². The molecule has 0 aromatic carbocycles. The van der Waals surface area contributed by atoms with E-state index in [1.54, 1.807) is 5.51 Å². The quantitative estimate of drug-likeness (QED) is 0.783. The van der Waals surface area contributed by atoms with Gasteiger partial charge in [-0.3, -0.25) is 0 Å². The first-order valence-corrected chi connectivity index (χ1v) is 6.10. The average molecular weight is 206 g/mol. The van der Waals surface area contributed by atoms with Crippen LogP contribution in [0, 0.1) is 6.92 Å². The minimum Gasteiger partial charge on any atom is -0.250 e. The summed E-state index contributed by atoms with van der Waals surface area (Å²) in [5, 5.41) is 0. The lowest BCUT2D eigenvalue weighted by Gasteiger charge is -1.99. The van der Waals surface area contributed by atoms with E-state index >= 15 is 0 Å². The van der Waals surface area contributed by atoms with Crippen molar-refractivity contribution in [2.24, 2.45) is 0 Å². The number of hydrogen-bond donors (Lipinski definition) is 1.